The van der Waals surface area contributed by atoms with E-state index in [9.17, 15) is 14.4 Å². The summed E-state index contributed by atoms with van der Waals surface area (Å²) in [6.45, 7) is 12.3. The number of halogens is 1. The Morgan fingerprint density at radius 2 is 1.88 bits per heavy atom. The minimum atomic E-state index is -0.660. The van der Waals surface area contributed by atoms with Gasteiger partial charge in [-0.15, -0.1) is 0 Å². The number of piperazine rings is 1. The Balaban J connectivity index is 1.38. The summed E-state index contributed by atoms with van der Waals surface area (Å²) in [5, 5.41) is 3.23. The van der Waals surface area contributed by atoms with Crippen molar-refractivity contribution in [3.63, 3.8) is 0 Å². The van der Waals surface area contributed by atoms with Gasteiger partial charge in [-0.05, 0) is 65.7 Å². The number of anilines is 2. The maximum atomic E-state index is 14.3. The Kier molecular flexibility index (Phi) is 7.76. The van der Waals surface area contributed by atoms with Crippen molar-refractivity contribution in [3.05, 3.63) is 46.7 Å². The van der Waals surface area contributed by atoms with E-state index in [4.69, 9.17) is 21.1 Å². The molecule has 41 heavy (non-hydrogen) atoms. The van der Waals surface area contributed by atoms with Crippen LogP contribution in [0.3, 0.4) is 0 Å². The Bertz CT molecular complexity index is 1330. The van der Waals surface area contributed by atoms with E-state index in [1.165, 1.54) is 6.33 Å². The second kappa shape index (κ2) is 11.0. The molecule has 3 aliphatic rings. The molecule has 1 aliphatic carbocycles. The van der Waals surface area contributed by atoms with Crippen molar-refractivity contribution in [2.24, 2.45) is 0 Å². The lowest BCUT2D eigenvalue weighted by atomic mass is 9.96. The molecule has 2 fully saturated rings. The Labute approximate surface area is 245 Å². The molecule has 1 saturated carbocycles. The smallest absolute Gasteiger partial charge is 0.413 e. The lowest BCUT2D eigenvalue weighted by Crippen LogP contribution is -2.52. The average molecular weight is 585 g/mol. The lowest BCUT2D eigenvalue weighted by Gasteiger charge is -2.39. The van der Waals surface area contributed by atoms with Crippen LogP contribution in [0.4, 0.5) is 21.2 Å². The molecule has 2 aromatic rings. The standard InChI is InChI=1S/C29H37ClN6O5/c1-16(2)36(28(39)41-29(4,5)6)14-20(18-7-9-19(30)10-8-18)26(37)35-12-11-34(21-13-22(21)35)25-23-17(3)40-27(38)33-24(23)31-15-32-25/h7-10,15-17,20-22H,11-14H2,1-6H3,(H,31,32,33,38)/t17-,20+,21?,22?/m0/s1. The predicted molar refractivity (Wildman–Crippen MR) is 154 cm³/mol. The summed E-state index contributed by atoms with van der Waals surface area (Å²) in [5.41, 5.74) is 0.869. The number of nitrogens with zero attached hydrogens (tertiary/aromatic N) is 5. The van der Waals surface area contributed by atoms with Crippen LogP contribution in [0.15, 0.2) is 30.6 Å². The lowest BCUT2D eigenvalue weighted by molar-refractivity contribution is -0.134. The minimum Gasteiger partial charge on any atom is -0.444 e. The zero-order valence-electron chi connectivity index (χ0n) is 24.3. The third-order valence-corrected chi connectivity index (χ3v) is 7.89. The maximum absolute atomic E-state index is 14.3. The van der Waals surface area contributed by atoms with Crippen molar-refractivity contribution in [1.82, 2.24) is 19.8 Å². The first-order valence-electron chi connectivity index (χ1n) is 14.0. The summed E-state index contributed by atoms with van der Waals surface area (Å²) in [4.78, 5) is 53.8. The molecule has 2 aliphatic heterocycles. The number of hydrogen-bond acceptors (Lipinski definition) is 8. The van der Waals surface area contributed by atoms with Gasteiger partial charge in [0.2, 0.25) is 5.91 Å². The number of cyclic esters (lactones) is 1. The molecule has 1 saturated heterocycles. The molecule has 0 spiro atoms. The maximum Gasteiger partial charge on any atom is 0.413 e. The van der Waals surface area contributed by atoms with Gasteiger partial charge in [0.05, 0.1) is 23.6 Å². The molecule has 220 valence electrons. The van der Waals surface area contributed by atoms with Crippen LogP contribution in [0, 0.1) is 0 Å². The van der Waals surface area contributed by atoms with Crippen molar-refractivity contribution < 1.29 is 23.9 Å². The predicted octanol–water partition coefficient (Wildman–Crippen LogP) is 4.97. The highest BCUT2D eigenvalue weighted by molar-refractivity contribution is 6.30. The molecule has 3 amide bonds. The van der Waals surface area contributed by atoms with Crippen molar-refractivity contribution in [3.8, 4) is 0 Å². The largest absolute Gasteiger partial charge is 0.444 e. The van der Waals surface area contributed by atoms with Crippen LogP contribution >= 0.6 is 11.6 Å². The van der Waals surface area contributed by atoms with Crippen LogP contribution < -0.4 is 10.2 Å². The number of nitrogens with one attached hydrogen (secondary N) is 1. The van der Waals surface area contributed by atoms with E-state index in [-0.39, 0.29) is 30.6 Å². The van der Waals surface area contributed by atoms with E-state index < -0.39 is 29.8 Å². The first-order chi connectivity index (χ1) is 19.3. The van der Waals surface area contributed by atoms with Crippen molar-refractivity contribution in [1.29, 1.82) is 0 Å². The number of carbonyl (C=O) groups is 3. The van der Waals surface area contributed by atoms with Crippen LogP contribution in [0.25, 0.3) is 0 Å². The fourth-order valence-corrected chi connectivity index (χ4v) is 5.72. The highest BCUT2D eigenvalue weighted by Crippen LogP contribution is 2.44. The summed E-state index contributed by atoms with van der Waals surface area (Å²) in [6.07, 6.45) is 0.750. The topological polar surface area (TPSA) is 117 Å². The van der Waals surface area contributed by atoms with Gasteiger partial charge in [-0.2, -0.15) is 0 Å². The average Bonchev–Trinajstić information content (AvgIpc) is 3.68. The zero-order valence-corrected chi connectivity index (χ0v) is 25.0. The quantitative estimate of drug-likeness (QED) is 0.506. The first kappa shape index (κ1) is 28.9. The summed E-state index contributed by atoms with van der Waals surface area (Å²) in [5.74, 6) is 0.535. The SMILES string of the molecule is CC(C)N(C[C@@H](C(=O)N1CCN(c2ncnc3c2[C@H](C)OC(=O)N3)C2CC21)c1ccc(Cl)cc1)C(=O)OC(C)(C)C. The summed E-state index contributed by atoms with van der Waals surface area (Å²) < 4.78 is 11.1. The number of ether oxygens (including phenoxy) is 2. The highest BCUT2D eigenvalue weighted by Gasteiger charge is 2.53. The summed E-state index contributed by atoms with van der Waals surface area (Å²) in [7, 11) is 0. The normalized spacial score (nSPS) is 22.2. The molecule has 12 heteroatoms. The number of hydrogen-bond donors (Lipinski definition) is 1. The van der Waals surface area contributed by atoms with Crippen molar-refractivity contribution in [2.45, 2.75) is 83.7 Å². The van der Waals surface area contributed by atoms with E-state index >= 15 is 0 Å². The van der Waals surface area contributed by atoms with Crippen molar-refractivity contribution >= 4 is 41.3 Å². The van der Waals surface area contributed by atoms with Crippen LogP contribution in [0.1, 0.15) is 71.1 Å². The van der Waals surface area contributed by atoms with Crippen molar-refractivity contribution in [2.75, 3.05) is 29.9 Å². The molecule has 0 bridgehead atoms. The third kappa shape index (κ3) is 6.05. The monoisotopic (exact) mass is 584 g/mol. The minimum absolute atomic E-state index is 0.0000911. The molecule has 1 N–H and O–H groups in total. The van der Waals surface area contributed by atoms with Crippen LogP contribution in [-0.4, -0.2) is 81.2 Å². The summed E-state index contributed by atoms with van der Waals surface area (Å²) in [6, 6.07) is 7.13. The molecule has 2 unspecified atom stereocenters. The fourth-order valence-electron chi connectivity index (χ4n) is 5.59. The van der Waals surface area contributed by atoms with E-state index in [0.29, 0.717) is 29.7 Å². The van der Waals surface area contributed by atoms with E-state index in [2.05, 4.69) is 20.2 Å². The van der Waals surface area contributed by atoms with E-state index in [1.807, 2.05) is 51.7 Å². The van der Waals surface area contributed by atoms with Gasteiger partial charge in [0, 0.05) is 30.7 Å². The van der Waals surface area contributed by atoms with Gasteiger partial charge in [-0.3, -0.25) is 10.1 Å². The molecule has 0 radical (unpaired) electrons. The molecule has 1 aromatic carbocycles. The van der Waals surface area contributed by atoms with Crippen LogP contribution in [0.5, 0.6) is 0 Å². The molecular formula is C29H37ClN6O5. The Morgan fingerprint density at radius 3 is 2.54 bits per heavy atom. The molecule has 3 heterocycles. The van der Waals surface area contributed by atoms with Gasteiger partial charge in [0.15, 0.2) is 0 Å². The first-order valence-corrected chi connectivity index (χ1v) is 14.4. The van der Waals surface area contributed by atoms with Gasteiger partial charge < -0.3 is 24.2 Å². The second-order valence-corrected chi connectivity index (χ2v) is 12.5. The van der Waals surface area contributed by atoms with E-state index in [0.717, 1.165) is 17.5 Å². The van der Waals surface area contributed by atoms with Crippen LogP contribution in [-0.2, 0) is 14.3 Å². The number of aromatic nitrogens is 2. The van der Waals surface area contributed by atoms with Gasteiger partial charge in [0.25, 0.3) is 0 Å². The molecule has 11 nitrogen and oxygen atoms in total. The molecular weight excluding hydrogens is 548 g/mol. The zero-order chi connectivity index (χ0) is 29.6. The van der Waals surface area contributed by atoms with Gasteiger partial charge in [-0.25, -0.2) is 19.6 Å². The Morgan fingerprint density at radius 1 is 1.17 bits per heavy atom. The number of amides is 3. The Hall–Kier alpha value is -3.60. The number of rotatable bonds is 6. The molecule has 4 atom stereocenters. The van der Waals surface area contributed by atoms with Gasteiger partial charge in [-0.1, -0.05) is 23.7 Å². The van der Waals surface area contributed by atoms with E-state index in [1.54, 1.807) is 24.0 Å². The fraction of sp³-hybridized carbons (Fsp3) is 0.552. The van der Waals surface area contributed by atoms with Gasteiger partial charge >= 0.3 is 12.2 Å². The number of benzene rings is 1. The van der Waals surface area contributed by atoms with Gasteiger partial charge in [0.1, 0.15) is 29.7 Å². The number of carbonyl (C=O) groups excluding carboxylic acids is 3. The third-order valence-electron chi connectivity index (χ3n) is 7.64. The number of fused-ring (bicyclic) bond motifs is 2. The molecule has 1 aromatic heterocycles. The molecule has 5 rings (SSSR count). The summed E-state index contributed by atoms with van der Waals surface area (Å²) >= 11 is 6.17. The van der Waals surface area contributed by atoms with Crippen LogP contribution in [0.2, 0.25) is 5.02 Å². The highest BCUT2D eigenvalue weighted by atomic mass is 35.5. The second-order valence-electron chi connectivity index (χ2n) is 12.1.